The Balaban J connectivity index is 0.887. The average Bonchev–Trinajstić information content (AvgIpc) is 3.47. The van der Waals surface area contributed by atoms with Crippen molar-refractivity contribution in [3.8, 4) is 22.3 Å². The number of carbonyl (C=O) groups is 2. The predicted molar refractivity (Wildman–Crippen MR) is 161 cm³/mol. The van der Waals surface area contributed by atoms with Crippen LogP contribution in [0.1, 0.15) is 85.7 Å². The minimum absolute atomic E-state index is 0.0581. The second-order valence-corrected chi connectivity index (χ2v) is 11.0. The first-order valence-corrected chi connectivity index (χ1v) is 14.7. The Bertz CT molecular complexity index is 1320. The number of amides is 2. The maximum Gasteiger partial charge on any atom is 0.220 e. The fraction of sp³-hybridized carbons (Fsp3) is 0.278. The van der Waals surface area contributed by atoms with Crippen LogP contribution < -0.4 is 10.6 Å². The van der Waals surface area contributed by atoms with Gasteiger partial charge in [0.05, 0.1) is 12.1 Å². The minimum Gasteiger partial charge on any atom is -0.345 e. The van der Waals surface area contributed by atoms with Gasteiger partial charge in [-0.15, -0.1) is 0 Å². The largest absolute Gasteiger partial charge is 0.345 e. The lowest BCUT2D eigenvalue weighted by molar-refractivity contribution is -0.122. The quantitative estimate of drug-likeness (QED) is 0.195. The lowest BCUT2D eigenvalue weighted by atomic mass is 10.0. The molecule has 4 aromatic rings. The molecule has 2 aliphatic rings. The van der Waals surface area contributed by atoms with Crippen molar-refractivity contribution in [2.24, 2.45) is 0 Å². The molecule has 0 bridgehead atoms. The summed E-state index contributed by atoms with van der Waals surface area (Å²) in [7, 11) is 0. The van der Waals surface area contributed by atoms with Gasteiger partial charge in [0, 0.05) is 12.8 Å². The molecule has 4 heteroatoms. The summed E-state index contributed by atoms with van der Waals surface area (Å²) in [5.74, 6) is 0.228. The summed E-state index contributed by atoms with van der Waals surface area (Å²) in [5.41, 5.74) is 9.60. The highest BCUT2D eigenvalue weighted by atomic mass is 16.2. The standard InChI is InChI=1S/C36H36N2O2/c39-33(37-35-29-19-11-7-15-25(29)26-16-8-12-20-30(26)35)23-5-3-1-2-4-6-24-34(40)38-36-31-21-13-9-17-27(31)28-18-10-14-22-32(28)36/h7-22,35-36H,1-6,23-24H2,(H,37,39)(H,38,40). The molecule has 40 heavy (non-hydrogen) atoms. The van der Waals surface area contributed by atoms with Gasteiger partial charge in [-0.25, -0.2) is 0 Å². The summed E-state index contributed by atoms with van der Waals surface area (Å²) < 4.78 is 0. The van der Waals surface area contributed by atoms with Crippen LogP contribution in [-0.2, 0) is 9.59 Å². The lowest BCUT2D eigenvalue weighted by Crippen LogP contribution is -2.27. The fourth-order valence-electron chi connectivity index (χ4n) is 6.37. The number of hydrogen-bond acceptors (Lipinski definition) is 2. The van der Waals surface area contributed by atoms with Crippen molar-refractivity contribution in [3.05, 3.63) is 119 Å². The highest BCUT2D eigenvalue weighted by Crippen LogP contribution is 2.44. The van der Waals surface area contributed by atoms with E-state index in [4.69, 9.17) is 0 Å². The predicted octanol–water partition coefficient (Wildman–Crippen LogP) is 7.88. The third kappa shape index (κ3) is 5.31. The summed E-state index contributed by atoms with van der Waals surface area (Å²) in [6, 6.07) is 33.3. The van der Waals surface area contributed by atoms with Crippen molar-refractivity contribution >= 4 is 11.8 Å². The molecule has 2 amide bonds. The van der Waals surface area contributed by atoms with E-state index in [-0.39, 0.29) is 23.9 Å². The molecule has 0 radical (unpaired) electrons. The van der Waals surface area contributed by atoms with Crippen LogP contribution in [0.2, 0.25) is 0 Å². The van der Waals surface area contributed by atoms with Gasteiger partial charge in [-0.05, 0) is 57.3 Å². The van der Waals surface area contributed by atoms with Crippen LogP contribution in [-0.4, -0.2) is 11.8 Å². The van der Waals surface area contributed by atoms with E-state index in [1.54, 1.807) is 0 Å². The number of nitrogens with one attached hydrogen (secondary N) is 2. The van der Waals surface area contributed by atoms with E-state index < -0.39 is 0 Å². The second kappa shape index (κ2) is 11.9. The van der Waals surface area contributed by atoms with Crippen molar-refractivity contribution < 1.29 is 9.59 Å². The van der Waals surface area contributed by atoms with Crippen molar-refractivity contribution in [1.82, 2.24) is 10.6 Å². The van der Waals surface area contributed by atoms with Gasteiger partial charge in [0.15, 0.2) is 0 Å². The molecule has 2 aliphatic carbocycles. The van der Waals surface area contributed by atoms with Gasteiger partial charge in [0.2, 0.25) is 11.8 Å². The number of carbonyl (C=O) groups excluding carboxylic acids is 2. The van der Waals surface area contributed by atoms with Crippen molar-refractivity contribution in [2.75, 3.05) is 0 Å². The Kier molecular flexibility index (Phi) is 7.76. The van der Waals surface area contributed by atoms with Gasteiger partial charge in [0.25, 0.3) is 0 Å². The summed E-state index contributed by atoms with van der Waals surface area (Å²) in [5, 5.41) is 6.55. The molecule has 4 aromatic carbocycles. The summed E-state index contributed by atoms with van der Waals surface area (Å²) in [4.78, 5) is 25.5. The maximum absolute atomic E-state index is 12.8. The summed E-state index contributed by atoms with van der Waals surface area (Å²) in [6.07, 6.45) is 7.13. The number of unbranched alkanes of at least 4 members (excludes halogenated alkanes) is 5. The van der Waals surface area contributed by atoms with Crippen LogP contribution in [0.15, 0.2) is 97.1 Å². The van der Waals surface area contributed by atoms with Crippen LogP contribution in [0, 0.1) is 0 Å². The van der Waals surface area contributed by atoms with Crippen molar-refractivity contribution in [2.45, 2.75) is 63.5 Å². The van der Waals surface area contributed by atoms with Gasteiger partial charge in [-0.2, -0.15) is 0 Å². The number of hydrogen-bond donors (Lipinski definition) is 2. The molecular weight excluding hydrogens is 492 g/mol. The SMILES string of the molecule is O=C(CCCCCCCCC(=O)NC1c2ccccc2-c2ccccc21)NC1c2ccccc2-c2ccccc21. The van der Waals surface area contributed by atoms with E-state index in [2.05, 4.69) is 83.4 Å². The number of fused-ring (bicyclic) bond motifs is 6. The van der Waals surface area contributed by atoms with Gasteiger partial charge in [-0.3, -0.25) is 9.59 Å². The molecule has 202 valence electrons. The first-order valence-electron chi connectivity index (χ1n) is 14.7. The molecule has 0 aliphatic heterocycles. The van der Waals surface area contributed by atoms with E-state index in [9.17, 15) is 9.59 Å². The van der Waals surface area contributed by atoms with Crippen LogP contribution in [0.25, 0.3) is 22.3 Å². The topological polar surface area (TPSA) is 58.2 Å². The molecule has 0 aromatic heterocycles. The number of benzene rings is 4. The molecule has 6 rings (SSSR count). The van der Waals surface area contributed by atoms with Crippen LogP contribution in [0.5, 0.6) is 0 Å². The molecular formula is C36H36N2O2. The third-order valence-electron chi connectivity index (χ3n) is 8.34. The zero-order valence-corrected chi connectivity index (χ0v) is 22.9. The molecule has 0 heterocycles. The highest BCUT2D eigenvalue weighted by Gasteiger charge is 2.30. The van der Waals surface area contributed by atoms with Gasteiger partial charge >= 0.3 is 0 Å². The number of rotatable bonds is 11. The maximum atomic E-state index is 12.8. The van der Waals surface area contributed by atoms with Crippen molar-refractivity contribution in [1.29, 1.82) is 0 Å². The minimum atomic E-state index is -0.0581. The van der Waals surface area contributed by atoms with E-state index in [0.717, 1.165) is 38.5 Å². The van der Waals surface area contributed by atoms with E-state index in [1.165, 1.54) is 44.5 Å². The molecule has 0 saturated heterocycles. The molecule has 0 fully saturated rings. The monoisotopic (exact) mass is 528 g/mol. The van der Waals surface area contributed by atoms with E-state index >= 15 is 0 Å². The Hall–Kier alpha value is -4.18. The fourth-order valence-corrected chi connectivity index (χ4v) is 6.37. The zero-order valence-electron chi connectivity index (χ0n) is 22.9. The van der Waals surface area contributed by atoms with Crippen LogP contribution in [0.4, 0.5) is 0 Å². The van der Waals surface area contributed by atoms with Crippen LogP contribution >= 0.6 is 0 Å². The molecule has 0 unspecified atom stereocenters. The highest BCUT2D eigenvalue weighted by molar-refractivity contribution is 5.84. The first-order chi connectivity index (χ1) is 19.7. The molecule has 0 saturated carbocycles. The second-order valence-electron chi connectivity index (χ2n) is 11.0. The van der Waals surface area contributed by atoms with E-state index in [1.807, 2.05) is 24.3 Å². The van der Waals surface area contributed by atoms with E-state index in [0.29, 0.717) is 12.8 Å². The lowest BCUT2D eigenvalue weighted by Gasteiger charge is -2.16. The summed E-state index contributed by atoms with van der Waals surface area (Å²) >= 11 is 0. The first kappa shape index (κ1) is 26.1. The Morgan fingerprint density at radius 2 is 0.700 bits per heavy atom. The van der Waals surface area contributed by atoms with Gasteiger partial charge in [0.1, 0.15) is 0 Å². The zero-order chi connectivity index (χ0) is 27.3. The Labute approximate surface area is 236 Å². The Morgan fingerprint density at radius 1 is 0.425 bits per heavy atom. The summed E-state index contributed by atoms with van der Waals surface area (Å²) in [6.45, 7) is 0. The Morgan fingerprint density at radius 3 is 1.02 bits per heavy atom. The average molecular weight is 529 g/mol. The third-order valence-corrected chi connectivity index (χ3v) is 8.34. The molecule has 4 nitrogen and oxygen atoms in total. The molecule has 0 atom stereocenters. The van der Waals surface area contributed by atoms with Gasteiger partial charge in [-0.1, -0.05) is 123 Å². The van der Waals surface area contributed by atoms with Crippen molar-refractivity contribution in [3.63, 3.8) is 0 Å². The van der Waals surface area contributed by atoms with Gasteiger partial charge < -0.3 is 10.6 Å². The smallest absolute Gasteiger partial charge is 0.220 e. The molecule has 0 spiro atoms. The normalized spacial score (nSPS) is 13.3. The molecule has 2 N–H and O–H groups in total. The van der Waals surface area contributed by atoms with Crippen LogP contribution in [0.3, 0.4) is 0 Å².